The number of aromatic nitrogens is 2. The molecular formula is C21H39N3O2. The van der Waals surface area contributed by atoms with E-state index in [1.807, 2.05) is 6.20 Å². The molecule has 26 heavy (non-hydrogen) atoms. The standard InChI is InChI=1S/C21H39N3O2/c1-7-8-9-24(6)14-18-13-22-23-21(18)17-10-19(25-15(2)3)12-20(11-17)26-16(4)5/h13,15-17,19-20H,7-12,14H2,1-6H3,(H,22,23). The highest BCUT2D eigenvalue weighted by molar-refractivity contribution is 5.21. The Kier molecular flexibility index (Phi) is 8.58. The quantitative estimate of drug-likeness (QED) is 0.663. The predicted octanol–water partition coefficient (Wildman–Crippen LogP) is 4.50. The van der Waals surface area contributed by atoms with Crippen molar-refractivity contribution in [2.75, 3.05) is 13.6 Å². The van der Waals surface area contributed by atoms with E-state index in [0.717, 1.165) is 32.4 Å². The van der Waals surface area contributed by atoms with Gasteiger partial charge >= 0.3 is 0 Å². The molecule has 0 spiro atoms. The summed E-state index contributed by atoms with van der Waals surface area (Å²) in [5.74, 6) is 0.424. The largest absolute Gasteiger partial charge is 0.375 e. The lowest BCUT2D eigenvalue weighted by atomic mass is 9.82. The van der Waals surface area contributed by atoms with Crippen LogP contribution in [0.2, 0.25) is 0 Å². The van der Waals surface area contributed by atoms with Crippen LogP contribution in [0.1, 0.15) is 83.9 Å². The average Bonchev–Trinajstić information content (AvgIpc) is 2.99. The molecule has 2 atom stereocenters. The molecule has 5 nitrogen and oxygen atoms in total. The molecule has 0 saturated heterocycles. The van der Waals surface area contributed by atoms with Crippen molar-refractivity contribution < 1.29 is 9.47 Å². The van der Waals surface area contributed by atoms with Crippen molar-refractivity contribution in [3.8, 4) is 0 Å². The SMILES string of the molecule is CCCCN(C)Cc1cn[nH]c1C1CC(OC(C)C)CC(OC(C)C)C1. The minimum atomic E-state index is 0.250. The molecule has 0 aliphatic heterocycles. The Bertz CT molecular complexity index is 497. The van der Waals surface area contributed by atoms with Gasteiger partial charge in [0, 0.05) is 23.7 Å². The lowest BCUT2D eigenvalue weighted by Crippen LogP contribution is -2.35. The van der Waals surface area contributed by atoms with Gasteiger partial charge in [-0.3, -0.25) is 5.10 Å². The van der Waals surface area contributed by atoms with Crippen molar-refractivity contribution in [2.45, 2.75) is 104 Å². The predicted molar refractivity (Wildman–Crippen MR) is 106 cm³/mol. The summed E-state index contributed by atoms with van der Waals surface area (Å²) in [5, 5.41) is 7.67. The summed E-state index contributed by atoms with van der Waals surface area (Å²) in [6.07, 6.45) is 8.57. The summed E-state index contributed by atoms with van der Waals surface area (Å²) < 4.78 is 12.4. The molecule has 2 unspecified atom stereocenters. The minimum Gasteiger partial charge on any atom is -0.375 e. The van der Waals surface area contributed by atoms with Crippen LogP contribution in [0.15, 0.2) is 6.20 Å². The fourth-order valence-electron chi connectivity index (χ4n) is 4.04. The van der Waals surface area contributed by atoms with Crippen molar-refractivity contribution in [1.82, 2.24) is 15.1 Å². The minimum absolute atomic E-state index is 0.250. The Balaban J connectivity index is 2.08. The smallest absolute Gasteiger partial charge is 0.0609 e. The van der Waals surface area contributed by atoms with Crippen molar-refractivity contribution in [1.29, 1.82) is 0 Å². The van der Waals surface area contributed by atoms with E-state index in [1.54, 1.807) is 0 Å². The van der Waals surface area contributed by atoms with E-state index >= 15 is 0 Å². The monoisotopic (exact) mass is 365 g/mol. The first-order valence-corrected chi connectivity index (χ1v) is 10.4. The lowest BCUT2D eigenvalue weighted by molar-refractivity contribution is -0.0842. The van der Waals surface area contributed by atoms with Crippen molar-refractivity contribution in [2.24, 2.45) is 0 Å². The van der Waals surface area contributed by atoms with E-state index in [4.69, 9.17) is 9.47 Å². The summed E-state index contributed by atoms with van der Waals surface area (Å²) in [4.78, 5) is 2.39. The number of H-pyrrole nitrogens is 1. The van der Waals surface area contributed by atoms with Gasteiger partial charge in [-0.15, -0.1) is 0 Å². The third kappa shape index (κ3) is 6.67. The molecule has 0 amide bonds. The zero-order chi connectivity index (χ0) is 19.1. The Labute approximate surface area is 159 Å². The van der Waals surface area contributed by atoms with Crippen LogP contribution in [0.3, 0.4) is 0 Å². The van der Waals surface area contributed by atoms with Crippen LogP contribution >= 0.6 is 0 Å². The molecule has 1 fully saturated rings. The van der Waals surface area contributed by atoms with Crippen LogP contribution in [0.4, 0.5) is 0 Å². The van der Waals surface area contributed by atoms with Crippen LogP contribution in [0.5, 0.6) is 0 Å². The Hall–Kier alpha value is -0.910. The first-order chi connectivity index (χ1) is 12.4. The third-order valence-electron chi connectivity index (χ3n) is 5.04. The van der Waals surface area contributed by atoms with Crippen LogP contribution in [-0.2, 0) is 16.0 Å². The van der Waals surface area contributed by atoms with Gasteiger partial charge < -0.3 is 14.4 Å². The van der Waals surface area contributed by atoms with Gasteiger partial charge in [0.1, 0.15) is 0 Å². The second kappa shape index (κ2) is 10.4. The summed E-state index contributed by atoms with van der Waals surface area (Å²) in [6, 6.07) is 0. The molecule has 1 heterocycles. The zero-order valence-electron chi connectivity index (χ0n) is 17.6. The second-order valence-electron chi connectivity index (χ2n) is 8.42. The number of nitrogens with one attached hydrogen (secondary N) is 1. The van der Waals surface area contributed by atoms with Crippen LogP contribution in [-0.4, -0.2) is 53.1 Å². The van der Waals surface area contributed by atoms with Gasteiger partial charge in [-0.25, -0.2) is 0 Å². The highest BCUT2D eigenvalue weighted by Gasteiger charge is 2.33. The number of hydrogen-bond donors (Lipinski definition) is 1. The molecule has 1 aliphatic rings. The van der Waals surface area contributed by atoms with Gasteiger partial charge in [-0.2, -0.15) is 5.10 Å². The molecule has 1 aromatic rings. The van der Waals surface area contributed by atoms with E-state index in [1.165, 1.54) is 24.1 Å². The molecule has 150 valence electrons. The number of unbranched alkanes of at least 4 members (excludes halogenated alkanes) is 1. The molecule has 0 radical (unpaired) electrons. The molecular weight excluding hydrogens is 326 g/mol. The summed E-state index contributed by atoms with van der Waals surface area (Å²) >= 11 is 0. The number of hydrogen-bond acceptors (Lipinski definition) is 4. The van der Waals surface area contributed by atoms with Gasteiger partial charge in [-0.1, -0.05) is 13.3 Å². The topological polar surface area (TPSA) is 50.4 Å². The van der Waals surface area contributed by atoms with E-state index in [-0.39, 0.29) is 24.4 Å². The molecule has 5 heteroatoms. The van der Waals surface area contributed by atoms with Crippen LogP contribution < -0.4 is 0 Å². The fourth-order valence-corrected chi connectivity index (χ4v) is 4.04. The highest BCUT2D eigenvalue weighted by atomic mass is 16.5. The van der Waals surface area contributed by atoms with E-state index < -0.39 is 0 Å². The Morgan fingerprint density at radius 2 is 1.73 bits per heavy atom. The number of nitrogens with zero attached hydrogens (tertiary/aromatic N) is 2. The maximum absolute atomic E-state index is 6.18. The average molecular weight is 366 g/mol. The van der Waals surface area contributed by atoms with Gasteiger partial charge in [0.15, 0.2) is 0 Å². The molecule has 0 bridgehead atoms. The summed E-state index contributed by atoms with van der Waals surface area (Å²) in [6.45, 7) is 12.8. The van der Waals surface area contributed by atoms with Crippen LogP contribution in [0, 0.1) is 0 Å². The number of rotatable bonds is 10. The van der Waals surface area contributed by atoms with Gasteiger partial charge in [0.25, 0.3) is 0 Å². The molecule has 1 aliphatic carbocycles. The Morgan fingerprint density at radius 1 is 1.12 bits per heavy atom. The third-order valence-corrected chi connectivity index (χ3v) is 5.04. The zero-order valence-corrected chi connectivity index (χ0v) is 17.6. The van der Waals surface area contributed by atoms with Gasteiger partial charge in [-0.05, 0) is 67.0 Å². The molecule has 2 rings (SSSR count). The van der Waals surface area contributed by atoms with Crippen molar-refractivity contribution >= 4 is 0 Å². The van der Waals surface area contributed by atoms with E-state index in [9.17, 15) is 0 Å². The number of aromatic amines is 1. The lowest BCUT2D eigenvalue weighted by Gasteiger charge is -2.36. The normalized spacial score (nSPS) is 24.1. The number of ether oxygens (including phenoxy) is 2. The fraction of sp³-hybridized carbons (Fsp3) is 0.857. The van der Waals surface area contributed by atoms with Crippen molar-refractivity contribution in [3.63, 3.8) is 0 Å². The first-order valence-electron chi connectivity index (χ1n) is 10.4. The summed E-state index contributed by atoms with van der Waals surface area (Å²) in [7, 11) is 2.20. The maximum atomic E-state index is 6.18. The van der Waals surface area contributed by atoms with Crippen LogP contribution in [0.25, 0.3) is 0 Å². The first kappa shape index (κ1) is 21.4. The second-order valence-corrected chi connectivity index (χ2v) is 8.42. The van der Waals surface area contributed by atoms with E-state index in [2.05, 4.69) is 56.8 Å². The summed E-state index contributed by atoms with van der Waals surface area (Å²) in [5.41, 5.74) is 2.60. The molecule has 1 N–H and O–H groups in total. The van der Waals surface area contributed by atoms with Gasteiger partial charge in [0.2, 0.25) is 0 Å². The van der Waals surface area contributed by atoms with E-state index in [0.29, 0.717) is 5.92 Å². The Morgan fingerprint density at radius 3 is 2.27 bits per heavy atom. The molecule has 1 aromatic heterocycles. The molecule has 1 saturated carbocycles. The van der Waals surface area contributed by atoms with Crippen molar-refractivity contribution in [3.05, 3.63) is 17.5 Å². The van der Waals surface area contributed by atoms with Gasteiger partial charge in [0.05, 0.1) is 30.6 Å². The maximum Gasteiger partial charge on any atom is 0.0609 e. The highest BCUT2D eigenvalue weighted by Crippen LogP contribution is 2.37. The molecule has 0 aromatic carbocycles.